The molecule has 1 aromatic rings. The summed E-state index contributed by atoms with van der Waals surface area (Å²) >= 11 is 1.77. The van der Waals surface area contributed by atoms with Crippen LogP contribution in [0.15, 0.2) is 18.2 Å². The molecule has 0 aromatic heterocycles. The summed E-state index contributed by atoms with van der Waals surface area (Å²) in [5, 5.41) is 0. The van der Waals surface area contributed by atoms with Gasteiger partial charge in [-0.15, -0.1) is 0 Å². The van der Waals surface area contributed by atoms with Crippen LogP contribution in [0.3, 0.4) is 0 Å². The van der Waals surface area contributed by atoms with E-state index in [9.17, 15) is 4.39 Å². The standard InChI is InChI=1S/C7H6F.Li/c1-6-2-4-7(8)5-3-6;/h2-4H,1H3;. The average molecular weight is 116 g/mol. The van der Waals surface area contributed by atoms with Gasteiger partial charge in [0.1, 0.15) is 0 Å². The van der Waals surface area contributed by atoms with Crippen LogP contribution in [0.25, 0.3) is 0 Å². The zero-order chi connectivity index (χ0) is 6.85. The second kappa shape index (κ2) is 2.56. The van der Waals surface area contributed by atoms with Crippen molar-refractivity contribution in [1.82, 2.24) is 0 Å². The van der Waals surface area contributed by atoms with Crippen LogP contribution in [0.2, 0.25) is 0 Å². The van der Waals surface area contributed by atoms with Gasteiger partial charge in [0.05, 0.1) is 0 Å². The van der Waals surface area contributed by atoms with E-state index in [0.717, 1.165) is 9.80 Å². The van der Waals surface area contributed by atoms with Crippen LogP contribution in [0.4, 0.5) is 4.39 Å². The topological polar surface area (TPSA) is 0 Å². The van der Waals surface area contributed by atoms with Crippen molar-refractivity contribution >= 4 is 22.0 Å². The van der Waals surface area contributed by atoms with E-state index in [0.29, 0.717) is 0 Å². The summed E-state index contributed by atoms with van der Waals surface area (Å²) in [6.45, 7) is 1.95. The molecular weight excluding hydrogens is 110 g/mol. The van der Waals surface area contributed by atoms with Gasteiger partial charge in [0.15, 0.2) is 0 Å². The monoisotopic (exact) mass is 116 g/mol. The molecule has 1 aromatic carbocycles. The minimum atomic E-state index is -0.124. The molecule has 0 heterocycles. The third-order valence-corrected chi connectivity index (χ3v) is 1.31. The molecule has 0 saturated heterocycles. The second-order valence-electron chi connectivity index (χ2n) is 2.25. The van der Waals surface area contributed by atoms with Crippen LogP contribution in [0.1, 0.15) is 5.56 Å². The van der Waals surface area contributed by atoms with Gasteiger partial charge >= 0.3 is 62.8 Å². The molecule has 0 saturated carbocycles. The van der Waals surface area contributed by atoms with Gasteiger partial charge in [0.25, 0.3) is 0 Å². The number of rotatable bonds is 0. The van der Waals surface area contributed by atoms with Crippen molar-refractivity contribution in [3.8, 4) is 0 Å². The van der Waals surface area contributed by atoms with Crippen molar-refractivity contribution in [2.45, 2.75) is 6.92 Å². The molecule has 42 valence electrons. The van der Waals surface area contributed by atoms with Crippen molar-refractivity contribution in [3.05, 3.63) is 29.6 Å². The second-order valence-corrected chi connectivity index (χ2v) is 2.25. The van der Waals surface area contributed by atoms with Crippen LogP contribution in [0, 0.1) is 12.7 Å². The van der Waals surface area contributed by atoms with Crippen LogP contribution < -0.4 is 4.24 Å². The SMILES string of the molecule is [Li][c]1cc(C)ccc1F. The van der Waals surface area contributed by atoms with Gasteiger partial charge < -0.3 is 0 Å². The molecule has 2 heteroatoms. The van der Waals surface area contributed by atoms with E-state index in [1.165, 1.54) is 6.07 Å². The van der Waals surface area contributed by atoms with E-state index < -0.39 is 0 Å². The predicted molar refractivity (Wildman–Crippen MR) is 36.5 cm³/mol. The molecule has 0 unspecified atom stereocenters. The Bertz CT molecular complexity index is 220. The fourth-order valence-electron chi connectivity index (χ4n) is 0.795. The summed E-state index contributed by atoms with van der Waals surface area (Å²) in [7, 11) is 0. The first-order valence-electron chi connectivity index (χ1n) is 2.93. The number of hydrogen-bond donors (Lipinski definition) is 0. The van der Waals surface area contributed by atoms with Gasteiger partial charge in [-0.25, -0.2) is 0 Å². The molecule has 0 N–H and O–H groups in total. The first kappa shape index (κ1) is 6.86. The van der Waals surface area contributed by atoms with Crippen LogP contribution in [-0.4, -0.2) is 17.7 Å². The molecule has 1 rings (SSSR count). The van der Waals surface area contributed by atoms with Crippen molar-refractivity contribution in [2.75, 3.05) is 0 Å². The molecule has 0 aliphatic carbocycles. The summed E-state index contributed by atoms with van der Waals surface area (Å²) in [5.74, 6) is -0.124. The number of hydrogen-bond acceptors (Lipinski definition) is 0. The molecule has 0 fully saturated rings. The van der Waals surface area contributed by atoms with Crippen LogP contribution >= 0.6 is 0 Å². The first-order chi connectivity index (χ1) is 4.20. The van der Waals surface area contributed by atoms with E-state index in [1.54, 1.807) is 23.8 Å². The van der Waals surface area contributed by atoms with Gasteiger partial charge in [0, 0.05) is 0 Å². The average Bonchev–Trinajstić information content (AvgIpc) is 1.80. The number of halogens is 1. The third kappa shape index (κ3) is 1.57. The van der Waals surface area contributed by atoms with E-state index in [2.05, 4.69) is 0 Å². The first-order valence-corrected chi connectivity index (χ1v) is 2.93. The van der Waals surface area contributed by atoms with Crippen molar-refractivity contribution < 1.29 is 4.39 Å². The fourth-order valence-corrected chi connectivity index (χ4v) is 0.795. The Balaban J connectivity index is 3.17. The molecule has 0 atom stereocenters. The summed E-state index contributed by atoms with van der Waals surface area (Å²) in [6.07, 6.45) is 0. The van der Waals surface area contributed by atoms with Crippen molar-refractivity contribution in [1.29, 1.82) is 0 Å². The van der Waals surface area contributed by atoms with Crippen molar-refractivity contribution in [2.24, 2.45) is 0 Å². The normalized spacial score (nSPS) is 9.78. The van der Waals surface area contributed by atoms with Crippen LogP contribution in [-0.2, 0) is 0 Å². The van der Waals surface area contributed by atoms with Gasteiger partial charge in [-0.05, 0) is 0 Å². The maximum absolute atomic E-state index is 12.5. The molecule has 0 nitrogen and oxygen atoms in total. The zero-order valence-electron chi connectivity index (χ0n) is 5.61. The number of benzene rings is 1. The summed E-state index contributed by atoms with van der Waals surface area (Å²) in [4.78, 5) is 0. The molecule has 0 bridgehead atoms. The van der Waals surface area contributed by atoms with E-state index in [4.69, 9.17) is 0 Å². The minimum absolute atomic E-state index is 0.124. The molecule has 0 aliphatic heterocycles. The Labute approximate surface area is 63.3 Å². The molecule has 0 amide bonds. The Morgan fingerprint density at radius 1 is 1.44 bits per heavy atom. The molecule has 0 spiro atoms. The Morgan fingerprint density at radius 2 is 2.11 bits per heavy atom. The van der Waals surface area contributed by atoms with Crippen molar-refractivity contribution in [3.63, 3.8) is 0 Å². The summed E-state index contributed by atoms with van der Waals surface area (Å²) < 4.78 is 13.2. The van der Waals surface area contributed by atoms with E-state index in [-0.39, 0.29) is 5.82 Å². The molecule has 0 radical (unpaired) electrons. The Hall–Kier alpha value is -0.253. The van der Waals surface area contributed by atoms with E-state index >= 15 is 0 Å². The predicted octanol–water partition coefficient (Wildman–Crippen LogP) is 0.928. The summed E-state index contributed by atoms with van der Waals surface area (Å²) in [6, 6.07) is 5.09. The summed E-state index contributed by atoms with van der Waals surface area (Å²) in [5.41, 5.74) is 1.11. The Morgan fingerprint density at radius 3 is 2.56 bits per heavy atom. The maximum atomic E-state index is 12.5. The van der Waals surface area contributed by atoms with Gasteiger partial charge in [0.2, 0.25) is 0 Å². The van der Waals surface area contributed by atoms with E-state index in [1.807, 2.05) is 13.0 Å². The molecule has 9 heavy (non-hydrogen) atoms. The van der Waals surface area contributed by atoms with Gasteiger partial charge in [-0.3, -0.25) is 0 Å². The number of aryl methyl sites for hydroxylation is 1. The van der Waals surface area contributed by atoms with Gasteiger partial charge in [-0.2, -0.15) is 0 Å². The quantitative estimate of drug-likeness (QED) is 0.442. The zero-order valence-corrected chi connectivity index (χ0v) is 5.61. The Kier molecular flexibility index (Phi) is 1.95. The molecule has 0 aliphatic rings. The molecular formula is C7H6FLi. The third-order valence-electron chi connectivity index (χ3n) is 1.31. The van der Waals surface area contributed by atoms with Gasteiger partial charge in [-0.1, -0.05) is 0 Å². The fraction of sp³-hybridized carbons (Fsp3) is 0.143. The van der Waals surface area contributed by atoms with Crippen LogP contribution in [0.5, 0.6) is 0 Å².